The molecular weight excluding hydrogens is 511 g/mol. The maximum absolute atomic E-state index is 14.8. The Bertz CT molecular complexity index is 1270. The molecule has 196 valence electrons. The summed E-state index contributed by atoms with van der Waals surface area (Å²) in [5.41, 5.74) is -5.69. The molecule has 0 radical (unpaired) electrons. The zero-order chi connectivity index (χ0) is 26.7. The Hall–Kier alpha value is -2.40. The van der Waals surface area contributed by atoms with Crippen molar-refractivity contribution in [1.82, 2.24) is 5.32 Å². The number of allylic oxidation sites excluding steroid dienone is 1. The zero-order valence-electron chi connectivity index (χ0n) is 19.2. The van der Waals surface area contributed by atoms with E-state index in [1.165, 1.54) is 12.1 Å². The van der Waals surface area contributed by atoms with E-state index < -0.39 is 44.2 Å². The van der Waals surface area contributed by atoms with Crippen LogP contribution >= 0.6 is 0 Å². The molecule has 1 N–H and O–H groups in total. The lowest BCUT2D eigenvalue weighted by Gasteiger charge is -2.48. The maximum Gasteiger partial charge on any atom is 0.435 e. The smallest absolute Gasteiger partial charge is 0.312 e. The summed E-state index contributed by atoms with van der Waals surface area (Å²) in [5, 5.41) is 3.17. The number of hydrogen-bond donors (Lipinski definition) is 1. The number of fused-ring (bicyclic) bond motifs is 3. The van der Waals surface area contributed by atoms with Gasteiger partial charge in [0.25, 0.3) is 0 Å². The predicted molar refractivity (Wildman–Crippen MR) is 121 cm³/mol. The van der Waals surface area contributed by atoms with Crippen molar-refractivity contribution in [2.24, 2.45) is 0 Å². The molecule has 0 bridgehead atoms. The molecule has 0 spiro atoms. The quantitative estimate of drug-likeness (QED) is 0.463. The van der Waals surface area contributed by atoms with Crippen molar-refractivity contribution in [2.45, 2.75) is 66.3 Å². The monoisotopic (exact) mass is 535 g/mol. The van der Waals surface area contributed by atoms with E-state index in [4.69, 9.17) is 0 Å². The van der Waals surface area contributed by atoms with E-state index in [0.29, 0.717) is 30.7 Å². The van der Waals surface area contributed by atoms with Crippen LogP contribution in [0.3, 0.4) is 0 Å². The molecule has 1 aliphatic heterocycles. The molecule has 1 heterocycles. The lowest BCUT2D eigenvalue weighted by atomic mass is 9.73. The average molecular weight is 536 g/mol. The molecule has 1 saturated heterocycles. The number of aryl methyl sites for hydroxylation is 1. The summed E-state index contributed by atoms with van der Waals surface area (Å²) in [6.07, 6.45) is -11.8. The van der Waals surface area contributed by atoms with Crippen LogP contribution in [0.25, 0.3) is 5.57 Å². The van der Waals surface area contributed by atoms with Crippen molar-refractivity contribution in [2.75, 3.05) is 6.54 Å². The first-order valence-corrected chi connectivity index (χ1v) is 12.8. The molecule has 2 aromatic rings. The van der Waals surface area contributed by atoms with Gasteiger partial charge in [-0.25, -0.2) is 12.8 Å². The van der Waals surface area contributed by atoms with Gasteiger partial charge in [0.05, 0.1) is 4.90 Å². The fourth-order valence-electron chi connectivity index (χ4n) is 5.43. The molecule has 0 aromatic heterocycles. The van der Waals surface area contributed by atoms with Crippen LogP contribution < -0.4 is 5.32 Å². The Morgan fingerprint density at radius 1 is 1.00 bits per heavy atom. The number of hydrogen-bond acceptors (Lipinski definition) is 3. The highest BCUT2D eigenvalue weighted by Gasteiger charge is 2.73. The van der Waals surface area contributed by atoms with Gasteiger partial charge in [0.15, 0.2) is 9.84 Å². The Morgan fingerprint density at radius 2 is 1.61 bits per heavy atom. The van der Waals surface area contributed by atoms with Crippen LogP contribution in [-0.4, -0.2) is 33.4 Å². The highest BCUT2D eigenvalue weighted by atomic mass is 32.2. The Morgan fingerprint density at radius 3 is 2.17 bits per heavy atom. The second-order valence-electron chi connectivity index (χ2n) is 9.37. The van der Waals surface area contributed by atoms with Crippen molar-refractivity contribution < 1.29 is 39.2 Å². The summed E-state index contributed by atoms with van der Waals surface area (Å²) in [6.45, 7) is 6.08. The van der Waals surface area contributed by atoms with Crippen molar-refractivity contribution in [3.05, 3.63) is 71.3 Å². The van der Waals surface area contributed by atoms with Crippen LogP contribution in [-0.2, 0) is 26.7 Å². The summed E-state index contributed by atoms with van der Waals surface area (Å²) in [5.74, 6) is 0. The summed E-state index contributed by atoms with van der Waals surface area (Å²) in [7, 11) is -4.18. The third-order valence-corrected chi connectivity index (χ3v) is 9.82. The van der Waals surface area contributed by atoms with E-state index in [2.05, 4.69) is 11.9 Å². The third kappa shape index (κ3) is 3.77. The highest BCUT2D eigenvalue weighted by molar-refractivity contribution is 7.92. The lowest BCUT2D eigenvalue weighted by Crippen LogP contribution is -2.59. The molecule has 4 rings (SSSR count). The first-order valence-electron chi connectivity index (χ1n) is 11.3. The minimum Gasteiger partial charge on any atom is -0.312 e. The van der Waals surface area contributed by atoms with Crippen LogP contribution in [0.15, 0.2) is 53.9 Å². The fourth-order valence-corrected chi connectivity index (χ4v) is 7.83. The second kappa shape index (κ2) is 8.58. The van der Waals surface area contributed by atoms with Crippen LogP contribution in [0.5, 0.6) is 0 Å². The summed E-state index contributed by atoms with van der Waals surface area (Å²) >= 11 is 0. The molecule has 2 aliphatic rings. The number of benzene rings is 2. The molecule has 36 heavy (non-hydrogen) atoms. The molecule has 2 unspecified atom stereocenters. The van der Waals surface area contributed by atoms with Crippen molar-refractivity contribution in [3.63, 3.8) is 0 Å². The van der Waals surface area contributed by atoms with E-state index in [1.54, 1.807) is 19.1 Å². The van der Waals surface area contributed by atoms with Gasteiger partial charge in [-0.15, -0.1) is 0 Å². The summed E-state index contributed by atoms with van der Waals surface area (Å²) in [4.78, 5) is -0.0245. The maximum atomic E-state index is 14.8. The standard InChI is InChI=1S/C25H24F7NO2S/c1-15(2)16-4-8-19(9-5-16)36(34,35)22-12-3-13-33-21(22)11-6-17-14-18(7-10-20(17)22)23(26,24(27,28)29)25(30,31)32/h4-5,7-10,14,21,33H,1,3,6,11-13H2,2H3. The van der Waals surface area contributed by atoms with E-state index in [1.807, 2.05) is 0 Å². The molecule has 0 amide bonds. The Kier molecular flexibility index (Phi) is 6.35. The second-order valence-corrected chi connectivity index (χ2v) is 11.6. The molecule has 11 heteroatoms. The van der Waals surface area contributed by atoms with Gasteiger partial charge in [-0.05, 0) is 68.0 Å². The number of halogens is 7. The number of sulfone groups is 1. The van der Waals surface area contributed by atoms with Gasteiger partial charge >= 0.3 is 18.0 Å². The highest BCUT2D eigenvalue weighted by Crippen LogP contribution is 2.55. The van der Waals surface area contributed by atoms with Crippen LogP contribution in [0.1, 0.15) is 48.4 Å². The SMILES string of the molecule is C=C(C)c1ccc(S(=O)(=O)C23CCCNC2CCc2cc(C(F)(C(F)(F)F)C(F)(F)F)ccc23)cc1. The van der Waals surface area contributed by atoms with Crippen molar-refractivity contribution in [3.8, 4) is 0 Å². The Balaban J connectivity index is 1.91. The molecule has 3 nitrogen and oxygen atoms in total. The summed E-state index contributed by atoms with van der Waals surface area (Å²) < 4.78 is 121. The molecule has 2 atom stereocenters. The first kappa shape index (κ1) is 26.7. The summed E-state index contributed by atoms with van der Waals surface area (Å²) in [6, 6.07) is 7.28. The lowest BCUT2D eigenvalue weighted by molar-refractivity contribution is -0.348. The van der Waals surface area contributed by atoms with Gasteiger partial charge in [0, 0.05) is 11.6 Å². The topological polar surface area (TPSA) is 46.2 Å². The fraction of sp³-hybridized carbons (Fsp3) is 0.440. The minimum absolute atomic E-state index is 0.00149. The molecule has 1 fully saturated rings. The third-order valence-electron chi connectivity index (χ3n) is 7.26. The van der Waals surface area contributed by atoms with Gasteiger partial charge < -0.3 is 5.32 Å². The molecule has 2 aromatic carbocycles. The number of rotatable bonds is 4. The average Bonchev–Trinajstić information content (AvgIpc) is 2.81. The normalized spacial score (nSPS) is 23.1. The Labute approximate surface area is 204 Å². The van der Waals surface area contributed by atoms with Crippen LogP contribution in [0.4, 0.5) is 30.7 Å². The predicted octanol–water partition coefficient (Wildman–Crippen LogP) is 6.38. The van der Waals surface area contributed by atoms with Gasteiger partial charge in [-0.3, -0.25) is 0 Å². The van der Waals surface area contributed by atoms with Crippen LogP contribution in [0, 0.1) is 0 Å². The van der Waals surface area contributed by atoms with Crippen molar-refractivity contribution >= 4 is 15.4 Å². The molecular formula is C25H24F7NO2S. The number of piperidine rings is 1. The molecule has 1 aliphatic carbocycles. The first-order chi connectivity index (χ1) is 16.6. The van der Waals surface area contributed by atoms with Crippen molar-refractivity contribution in [1.29, 1.82) is 0 Å². The number of nitrogens with one attached hydrogen (secondary N) is 1. The van der Waals surface area contributed by atoms with E-state index in [9.17, 15) is 39.2 Å². The molecule has 0 saturated carbocycles. The van der Waals surface area contributed by atoms with E-state index in [-0.39, 0.29) is 35.3 Å². The van der Waals surface area contributed by atoms with Gasteiger partial charge in [-0.2, -0.15) is 26.3 Å². The van der Waals surface area contributed by atoms with E-state index >= 15 is 0 Å². The minimum atomic E-state index is -6.25. The van der Waals surface area contributed by atoms with Gasteiger partial charge in [0.1, 0.15) is 4.75 Å². The van der Waals surface area contributed by atoms with Crippen LogP contribution in [0.2, 0.25) is 0 Å². The largest absolute Gasteiger partial charge is 0.435 e. The van der Waals surface area contributed by atoms with Gasteiger partial charge in [-0.1, -0.05) is 42.5 Å². The van der Waals surface area contributed by atoms with E-state index in [0.717, 1.165) is 11.6 Å². The number of alkyl halides is 7. The zero-order valence-corrected chi connectivity index (χ0v) is 20.0. The van der Waals surface area contributed by atoms with Gasteiger partial charge in [0.2, 0.25) is 0 Å².